The molecule has 0 spiro atoms. The van der Waals surface area contributed by atoms with Crippen LogP contribution >= 0.6 is 0 Å². The summed E-state index contributed by atoms with van der Waals surface area (Å²) in [7, 11) is 1.38. The van der Waals surface area contributed by atoms with Gasteiger partial charge in [0.2, 0.25) is 5.91 Å². The van der Waals surface area contributed by atoms with E-state index in [1.54, 1.807) is 4.90 Å². The van der Waals surface area contributed by atoms with E-state index in [2.05, 4.69) is 5.32 Å². The number of benzene rings is 2. The van der Waals surface area contributed by atoms with Gasteiger partial charge in [0.05, 0.1) is 24.1 Å². The number of non-ortho nitro benzene ring substituents is 1. The standard InChI is InChI=1S/C20H21N3O5/c1-28-17-11-15(10-16(12-17)23(26)27)20(25)21-18(14-6-3-2-4-7-14)13-22-9-5-8-19(22)24/h2-4,6-7,10-12,18H,5,8-9,13H2,1H3,(H,21,25)/t18-/m1/s1. The fourth-order valence-electron chi connectivity index (χ4n) is 3.22. The first kappa shape index (κ1) is 19.3. The molecule has 0 aromatic heterocycles. The highest BCUT2D eigenvalue weighted by atomic mass is 16.6. The van der Waals surface area contributed by atoms with Crippen LogP contribution in [-0.4, -0.2) is 41.8 Å². The number of amides is 2. The molecule has 2 aromatic rings. The number of methoxy groups -OCH3 is 1. The Labute approximate surface area is 162 Å². The number of nitro benzene ring substituents is 1. The summed E-state index contributed by atoms with van der Waals surface area (Å²) in [4.78, 5) is 37.1. The molecule has 1 N–H and O–H groups in total. The number of nitrogens with zero attached hydrogens (tertiary/aromatic N) is 2. The maximum absolute atomic E-state index is 12.8. The van der Waals surface area contributed by atoms with E-state index >= 15 is 0 Å². The van der Waals surface area contributed by atoms with Crippen LogP contribution in [0, 0.1) is 10.1 Å². The van der Waals surface area contributed by atoms with Crippen molar-refractivity contribution in [2.45, 2.75) is 18.9 Å². The highest BCUT2D eigenvalue weighted by molar-refractivity contribution is 5.95. The van der Waals surface area contributed by atoms with Crippen LogP contribution in [0.25, 0.3) is 0 Å². The Balaban J connectivity index is 1.85. The summed E-state index contributed by atoms with van der Waals surface area (Å²) < 4.78 is 5.07. The van der Waals surface area contributed by atoms with Gasteiger partial charge in [0.1, 0.15) is 5.75 Å². The number of rotatable bonds is 7. The summed E-state index contributed by atoms with van der Waals surface area (Å²) in [5.41, 5.74) is 0.753. The minimum absolute atomic E-state index is 0.0622. The van der Waals surface area contributed by atoms with Gasteiger partial charge in [-0.25, -0.2) is 0 Å². The van der Waals surface area contributed by atoms with Crippen LogP contribution in [0.4, 0.5) is 5.69 Å². The topological polar surface area (TPSA) is 102 Å². The maximum atomic E-state index is 12.8. The van der Waals surface area contributed by atoms with Crippen LogP contribution in [0.1, 0.15) is 34.8 Å². The molecule has 146 valence electrons. The molecule has 1 atom stereocenters. The lowest BCUT2D eigenvalue weighted by Crippen LogP contribution is -2.38. The zero-order valence-electron chi connectivity index (χ0n) is 15.5. The lowest BCUT2D eigenvalue weighted by atomic mass is 10.1. The number of hydrogen-bond donors (Lipinski definition) is 1. The van der Waals surface area contributed by atoms with E-state index in [0.717, 1.165) is 12.0 Å². The fourth-order valence-corrected chi connectivity index (χ4v) is 3.22. The monoisotopic (exact) mass is 383 g/mol. The zero-order chi connectivity index (χ0) is 20.1. The van der Waals surface area contributed by atoms with E-state index in [0.29, 0.717) is 19.5 Å². The van der Waals surface area contributed by atoms with Crippen molar-refractivity contribution >= 4 is 17.5 Å². The minimum Gasteiger partial charge on any atom is -0.496 e. The highest BCUT2D eigenvalue weighted by Gasteiger charge is 2.26. The first-order chi connectivity index (χ1) is 13.5. The summed E-state index contributed by atoms with van der Waals surface area (Å²) in [6.07, 6.45) is 1.31. The predicted octanol–water partition coefficient (Wildman–Crippen LogP) is 2.70. The Morgan fingerprint density at radius 2 is 2.04 bits per heavy atom. The number of likely N-dealkylation sites (tertiary alicyclic amines) is 1. The Morgan fingerprint density at radius 3 is 2.64 bits per heavy atom. The van der Waals surface area contributed by atoms with Gasteiger partial charge in [0, 0.05) is 31.1 Å². The second-order valence-corrected chi connectivity index (χ2v) is 6.56. The van der Waals surface area contributed by atoms with E-state index in [-0.39, 0.29) is 22.9 Å². The minimum atomic E-state index is -0.573. The smallest absolute Gasteiger partial charge is 0.273 e. The molecule has 0 radical (unpaired) electrons. The summed E-state index contributed by atoms with van der Waals surface area (Å²) >= 11 is 0. The van der Waals surface area contributed by atoms with Crippen molar-refractivity contribution < 1.29 is 19.2 Å². The Bertz CT molecular complexity index is 885. The molecule has 8 nitrogen and oxygen atoms in total. The first-order valence-corrected chi connectivity index (χ1v) is 8.95. The summed E-state index contributed by atoms with van der Waals surface area (Å²) in [5, 5.41) is 14.0. The van der Waals surface area contributed by atoms with Gasteiger partial charge in [-0.1, -0.05) is 30.3 Å². The normalized spacial score (nSPS) is 14.6. The number of carbonyl (C=O) groups is 2. The molecule has 3 rings (SSSR count). The van der Waals surface area contributed by atoms with E-state index in [4.69, 9.17) is 4.74 Å². The zero-order valence-corrected chi connectivity index (χ0v) is 15.5. The molecular weight excluding hydrogens is 362 g/mol. The largest absolute Gasteiger partial charge is 0.496 e. The highest BCUT2D eigenvalue weighted by Crippen LogP contribution is 2.24. The molecule has 1 saturated heterocycles. The SMILES string of the molecule is COc1cc(C(=O)N[C@H](CN2CCCC2=O)c2ccccc2)cc([N+](=O)[O-])c1. The summed E-state index contributed by atoms with van der Waals surface area (Å²) in [6, 6.07) is 12.8. The molecule has 8 heteroatoms. The molecular formula is C20H21N3O5. The van der Waals surface area contributed by atoms with E-state index in [1.165, 1.54) is 25.3 Å². The second kappa shape index (κ2) is 8.51. The molecule has 2 amide bonds. The van der Waals surface area contributed by atoms with Crippen LogP contribution in [0.3, 0.4) is 0 Å². The number of carbonyl (C=O) groups excluding carboxylic acids is 2. The quantitative estimate of drug-likeness (QED) is 0.585. The molecule has 1 fully saturated rings. The van der Waals surface area contributed by atoms with Gasteiger partial charge >= 0.3 is 0 Å². The van der Waals surface area contributed by atoms with E-state index < -0.39 is 16.9 Å². The van der Waals surface area contributed by atoms with Crippen molar-refractivity contribution in [2.75, 3.05) is 20.2 Å². The first-order valence-electron chi connectivity index (χ1n) is 8.95. The van der Waals surface area contributed by atoms with Gasteiger partial charge in [-0.15, -0.1) is 0 Å². The molecule has 0 saturated carbocycles. The summed E-state index contributed by atoms with van der Waals surface area (Å²) in [6.45, 7) is 1.00. The fraction of sp³-hybridized carbons (Fsp3) is 0.300. The number of ether oxygens (including phenoxy) is 1. The molecule has 1 aliphatic heterocycles. The predicted molar refractivity (Wildman–Crippen MR) is 102 cm³/mol. The van der Waals surface area contributed by atoms with Crippen molar-refractivity contribution in [3.8, 4) is 5.75 Å². The average molecular weight is 383 g/mol. The molecule has 28 heavy (non-hydrogen) atoms. The van der Waals surface area contributed by atoms with Crippen LogP contribution < -0.4 is 10.1 Å². The van der Waals surface area contributed by atoms with E-state index in [1.807, 2.05) is 30.3 Å². The molecule has 1 heterocycles. The maximum Gasteiger partial charge on any atom is 0.273 e. The Hall–Kier alpha value is -3.42. The number of hydrogen-bond acceptors (Lipinski definition) is 5. The third-order valence-corrected chi connectivity index (χ3v) is 4.68. The Kier molecular flexibility index (Phi) is 5.88. The van der Waals surface area contributed by atoms with Gasteiger partial charge in [-0.05, 0) is 18.1 Å². The van der Waals surface area contributed by atoms with E-state index in [9.17, 15) is 19.7 Å². The van der Waals surface area contributed by atoms with Crippen molar-refractivity contribution in [2.24, 2.45) is 0 Å². The van der Waals surface area contributed by atoms with Crippen LogP contribution in [0.5, 0.6) is 5.75 Å². The van der Waals surface area contributed by atoms with Gasteiger partial charge in [0.15, 0.2) is 0 Å². The molecule has 2 aromatic carbocycles. The van der Waals surface area contributed by atoms with Gasteiger partial charge in [0.25, 0.3) is 11.6 Å². The van der Waals surface area contributed by atoms with Crippen molar-refractivity contribution in [1.29, 1.82) is 0 Å². The Morgan fingerprint density at radius 1 is 1.29 bits per heavy atom. The van der Waals surface area contributed by atoms with Crippen LogP contribution in [0.2, 0.25) is 0 Å². The van der Waals surface area contributed by atoms with Crippen molar-refractivity contribution in [3.05, 3.63) is 69.8 Å². The number of nitrogens with one attached hydrogen (secondary N) is 1. The van der Waals surface area contributed by atoms with Crippen molar-refractivity contribution in [3.63, 3.8) is 0 Å². The third-order valence-electron chi connectivity index (χ3n) is 4.68. The molecule has 0 bridgehead atoms. The second-order valence-electron chi connectivity index (χ2n) is 6.56. The summed E-state index contributed by atoms with van der Waals surface area (Å²) in [5.74, 6) is -0.181. The third kappa shape index (κ3) is 4.46. The van der Waals surface area contributed by atoms with Crippen LogP contribution in [0.15, 0.2) is 48.5 Å². The lowest BCUT2D eigenvalue weighted by Gasteiger charge is -2.25. The molecule has 0 unspecified atom stereocenters. The molecule has 1 aliphatic rings. The van der Waals surface area contributed by atoms with Gasteiger partial charge in [-0.3, -0.25) is 19.7 Å². The van der Waals surface area contributed by atoms with Gasteiger partial charge < -0.3 is 15.0 Å². The lowest BCUT2D eigenvalue weighted by molar-refractivity contribution is -0.385. The molecule has 0 aliphatic carbocycles. The average Bonchev–Trinajstić information content (AvgIpc) is 3.12. The van der Waals surface area contributed by atoms with Crippen molar-refractivity contribution in [1.82, 2.24) is 10.2 Å². The van der Waals surface area contributed by atoms with Crippen LogP contribution in [-0.2, 0) is 4.79 Å². The number of nitro groups is 1. The van der Waals surface area contributed by atoms with Gasteiger partial charge in [-0.2, -0.15) is 0 Å².